The largest absolute Gasteiger partial charge is 0.389 e. The van der Waals surface area contributed by atoms with Crippen molar-refractivity contribution >= 4 is 17.5 Å². The van der Waals surface area contributed by atoms with Gasteiger partial charge in [0.1, 0.15) is 0 Å². The average molecular weight is 359 g/mol. The fourth-order valence-corrected chi connectivity index (χ4v) is 3.66. The van der Waals surface area contributed by atoms with Gasteiger partial charge in [-0.25, -0.2) is 0 Å². The summed E-state index contributed by atoms with van der Waals surface area (Å²) in [5.41, 5.74) is 1.09. The molecule has 0 spiro atoms. The minimum Gasteiger partial charge on any atom is -0.389 e. The second-order valence-corrected chi connectivity index (χ2v) is 7.36. The summed E-state index contributed by atoms with van der Waals surface area (Å²) in [4.78, 5) is 14.3. The van der Waals surface area contributed by atoms with Crippen LogP contribution < -0.4 is 0 Å². The van der Waals surface area contributed by atoms with Gasteiger partial charge in [0.25, 0.3) is 0 Å². The fraction of sp³-hybridized carbons (Fsp3) is 0.500. The molecule has 0 unspecified atom stereocenters. The van der Waals surface area contributed by atoms with Crippen molar-refractivity contribution < 1.29 is 9.90 Å². The molecule has 0 radical (unpaired) electrons. The minimum absolute atomic E-state index is 0.197. The summed E-state index contributed by atoms with van der Waals surface area (Å²) in [5.74, 6) is 1.78. The zero-order chi connectivity index (χ0) is 17.9. The molecule has 1 aliphatic heterocycles. The molecule has 1 saturated heterocycles. The van der Waals surface area contributed by atoms with Crippen LogP contribution in [0.3, 0.4) is 0 Å². The van der Waals surface area contributed by atoms with Crippen molar-refractivity contribution in [2.75, 3.05) is 24.6 Å². The molecule has 0 saturated carbocycles. The second-order valence-electron chi connectivity index (χ2n) is 6.26. The Morgan fingerprint density at radius 3 is 2.92 bits per heavy atom. The van der Waals surface area contributed by atoms with Crippen molar-refractivity contribution in [3.63, 3.8) is 0 Å². The van der Waals surface area contributed by atoms with E-state index in [9.17, 15) is 9.90 Å². The molecule has 1 N–H and O–H groups in total. The first kappa shape index (κ1) is 19.7. The van der Waals surface area contributed by atoms with E-state index in [1.807, 2.05) is 36.4 Å². The molecule has 5 heteroatoms. The monoisotopic (exact) mass is 358 g/mol. The quantitative estimate of drug-likeness (QED) is 0.515. The molecule has 0 aromatic heterocycles. The summed E-state index contributed by atoms with van der Waals surface area (Å²) < 4.78 is 0. The van der Waals surface area contributed by atoms with E-state index >= 15 is 0 Å². The Balaban J connectivity index is 1.77. The predicted octanol–water partition coefficient (Wildman–Crippen LogP) is 2.83. The maximum absolute atomic E-state index is 12.1. The zero-order valence-corrected chi connectivity index (χ0v) is 15.3. The van der Waals surface area contributed by atoms with E-state index in [-0.39, 0.29) is 11.8 Å². The third kappa shape index (κ3) is 7.03. The lowest BCUT2D eigenvalue weighted by molar-refractivity contribution is -0.118. The van der Waals surface area contributed by atoms with Gasteiger partial charge >= 0.3 is 0 Å². The number of hydrogen-bond donors (Lipinski definition) is 1. The van der Waals surface area contributed by atoms with Crippen LogP contribution in [0.15, 0.2) is 42.5 Å². The number of nitriles is 1. The molecule has 1 heterocycles. The summed E-state index contributed by atoms with van der Waals surface area (Å²) in [6.45, 7) is 1.69. The summed E-state index contributed by atoms with van der Waals surface area (Å²) >= 11 is 1.66. The van der Waals surface area contributed by atoms with Gasteiger partial charge in [-0.2, -0.15) is 5.26 Å². The molecule has 25 heavy (non-hydrogen) atoms. The topological polar surface area (TPSA) is 64.3 Å². The number of carbonyl (C=O) groups excluding carboxylic acids is 1. The van der Waals surface area contributed by atoms with Crippen LogP contribution in [0.2, 0.25) is 0 Å². The Morgan fingerprint density at radius 1 is 1.36 bits per heavy atom. The summed E-state index contributed by atoms with van der Waals surface area (Å²) in [6, 6.07) is 11.8. The van der Waals surface area contributed by atoms with E-state index < -0.39 is 6.10 Å². The molecule has 1 aromatic rings. The number of aliphatic hydroxyl groups excluding tert-OH is 1. The van der Waals surface area contributed by atoms with Crippen molar-refractivity contribution in [1.29, 1.82) is 5.26 Å². The van der Waals surface area contributed by atoms with Crippen LogP contribution in [0.25, 0.3) is 0 Å². The molecule has 1 aromatic carbocycles. The van der Waals surface area contributed by atoms with Crippen LogP contribution in [0.1, 0.15) is 24.8 Å². The Kier molecular flexibility index (Phi) is 8.75. The van der Waals surface area contributed by atoms with Crippen LogP contribution in [-0.4, -0.2) is 52.5 Å². The number of nitrogens with zero attached hydrogens (tertiary/aromatic N) is 2. The molecule has 0 aliphatic carbocycles. The number of thioether (sulfide) groups is 1. The molecular formula is C20H26N2O2S. The number of ketones is 1. The molecule has 2 rings (SSSR count). The van der Waals surface area contributed by atoms with E-state index in [0.29, 0.717) is 18.6 Å². The summed E-state index contributed by atoms with van der Waals surface area (Å²) in [6.07, 6.45) is 6.30. The first-order chi connectivity index (χ1) is 12.2. The van der Waals surface area contributed by atoms with Crippen LogP contribution in [0.4, 0.5) is 0 Å². The maximum Gasteiger partial charge on any atom is 0.155 e. The van der Waals surface area contributed by atoms with Crippen LogP contribution in [0.5, 0.6) is 0 Å². The van der Waals surface area contributed by atoms with Gasteiger partial charge in [-0.05, 0) is 30.7 Å². The Morgan fingerprint density at radius 2 is 2.16 bits per heavy atom. The van der Waals surface area contributed by atoms with E-state index in [2.05, 4.69) is 11.0 Å². The third-order valence-electron chi connectivity index (χ3n) is 4.32. The van der Waals surface area contributed by atoms with Gasteiger partial charge in [0.2, 0.25) is 0 Å². The van der Waals surface area contributed by atoms with Gasteiger partial charge in [0.15, 0.2) is 5.78 Å². The average Bonchev–Trinajstić information content (AvgIpc) is 2.97. The van der Waals surface area contributed by atoms with Crippen molar-refractivity contribution in [3.05, 3.63) is 48.0 Å². The van der Waals surface area contributed by atoms with Crippen molar-refractivity contribution in [2.24, 2.45) is 0 Å². The van der Waals surface area contributed by atoms with Gasteiger partial charge in [-0.15, -0.1) is 11.8 Å². The van der Waals surface area contributed by atoms with E-state index in [1.165, 1.54) is 0 Å². The van der Waals surface area contributed by atoms with Gasteiger partial charge in [-0.1, -0.05) is 42.5 Å². The number of Topliss-reactive ketones (excluding diaryl/α,β-unsaturated/α-hetero) is 1. The lowest BCUT2D eigenvalue weighted by atomic mass is 10.1. The van der Waals surface area contributed by atoms with Crippen molar-refractivity contribution in [2.45, 2.75) is 37.8 Å². The molecule has 1 aliphatic rings. The number of benzene rings is 1. The molecule has 2 atom stereocenters. The number of rotatable bonds is 10. The standard InChI is InChI=1S/C20H26N2O2S/c21-11-15-25-14-5-4-12-22-13-10-20(24)19(22)9-8-18(23)16-17-6-2-1-3-7-17/h1-3,6-9,18-19,23H,4-5,10,12-16H2/t18-,19-/m1/s1. The minimum atomic E-state index is -0.569. The Labute approximate surface area is 154 Å². The number of carbonyl (C=O) groups is 1. The van der Waals surface area contributed by atoms with Crippen LogP contribution in [0, 0.1) is 11.3 Å². The third-order valence-corrected chi connectivity index (χ3v) is 5.23. The highest BCUT2D eigenvalue weighted by Gasteiger charge is 2.29. The Hall–Kier alpha value is -1.61. The highest BCUT2D eigenvalue weighted by molar-refractivity contribution is 7.99. The fourth-order valence-electron chi connectivity index (χ4n) is 3.02. The van der Waals surface area contributed by atoms with Gasteiger partial charge in [0, 0.05) is 19.4 Å². The number of hydrogen-bond acceptors (Lipinski definition) is 5. The SMILES string of the molecule is N#CCSCCCCN1CCC(=O)[C@H]1C=C[C@@H](O)Cc1ccccc1. The molecule has 134 valence electrons. The van der Waals surface area contributed by atoms with Gasteiger partial charge in [-0.3, -0.25) is 9.69 Å². The van der Waals surface area contributed by atoms with E-state index in [4.69, 9.17) is 5.26 Å². The first-order valence-electron chi connectivity index (χ1n) is 8.82. The number of aliphatic hydroxyl groups is 1. The predicted molar refractivity (Wildman–Crippen MR) is 102 cm³/mol. The second kappa shape index (κ2) is 11.1. The summed E-state index contributed by atoms with van der Waals surface area (Å²) in [7, 11) is 0. The molecule has 0 bridgehead atoms. The van der Waals surface area contributed by atoms with Gasteiger partial charge < -0.3 is 5.11 Å². The van der Waals surface area contributed by atoms with Gasteiger partial charge in [0.05, 0.1) is 24.0 Å². The highest BCUT2D eigenvalue weighted by Crippen LogP contribution is 2.17. The van der Waals surface area contributed by atoms with Crippen molar-refractivity contribution in [3.8, 4) is 6.07 Å². The Bertz CT molecular complexity index is 597. The van der Waals surface area contributed by atoms with Crippen molar-refractivity contribution in [1.82, 2.24) is 4.90 Å². The molecule has 0 amide bonds. The van der Waals surface area contributed by atoms with E-state index in [1.54, 1.807) is 17.8 Å². The van der Waals surface area contributed by atoms with Crippen LogP contribution in [-0.2, 0) is 11.2 Å². The lowest BCUT2D eigenvalue weighted by Crippen LogP contribution is -2.32. The molecule has 4 nitrogen and oxygen atoms in total. The summed E-state index contributed by atoms with van der Waals surface area (Å²) in [5, 5.41) is 18.7. The zero-order valence-electron chi connectivity index (χ0n) is 14.5. The lowest BCUT2D eigenvalue weighted by Gasteiger charge is -2.20. The van der Waals surface area contributed by atoms with Crippen LogP contribution >= 0.6 is 11.8 Å². The van der Waals surface area contributed by atoms with E-state index in [0.717, 1.165) is 37.2 Å². The molecule has 1 fully saturated rings. The maximum atomic E-state index is 12.1. The normalized spacial score (nSPS) is 19.4. The smallest absolute Gasteiger partial charge is 0.155 e. The highest BCUT2D eigenvalue weighted by atomic mass is 32.2. The first-order valence-corrected chi connectivity index (χ1v) is 9.98. The molecular weight excluding hydrogens is 332 g/mol. The number of likely N-dealkylation sites (tertiary alicyclic amines) is 1. The number of unbranched alkanes of at least 4 members (excludes halogenated alkanes) is 1.